The summed E-state index contributed by atoms with van der Waals surface area (Å²) in [6.45, 7) is -1.17. The third-order valence-corrected chi connectivity index (χ3v) is 5.34. The molecule has 0 spiro atoms. The normalized spacial score (nSPS) is 12.5. The molecule has 1 atom stereocenters. The van der Waals surface area contributed by atoms with Crippen LogP contribution in [0.4, 0.5) is 26.3 Å². The van der Waals surface area contributed by atoms with E-state index in [0.29, 0.717) is 5.75 Å². The van der Waals surface area contributed by atoms with Crippen LogP contribution in [0, 0.1) is 15.4 Å². The van der Waals surface area contributed by atoms with Gasteiger partial charge in [-0.25, -0.2) is 4.79 Å². The minimum atomic E-state index is -4.64. The number of carbonyl (C=O) groups is 1. The van der Waals surface area contributed by atoms with E-state index in [1.54, 1.807) is 31.2 Å². The van der Waals surface area contributed by atoms with Crippen LogP contribution < -0.4 is 14.2 Å². The summed E-state index contributed by atoms with van der Waals surface area (Å²) in [7, 11) is 0. The van der Waals surface area contributed by atoms with Gasteiger partial charge in [-0.15, -0.1) is 0 Å². The average Bonchev–Trinajstić information content (AvgIpc) is 2.83. The monoisotopic (exact) mass is 672 g/mol. The van der Waals surface area contributed by atoms with Gasteiger partial charge in [-0.3, -0.25) is 0 Å². The van der Waals surface area contributed by atoms with Gasteiger partial charge in [0, 0.05) is 24.7 Å². The van der Waals surface area contributed by atoms with Gasteiger partial charge in [0.15, 0.2) is 19.3 Å². The number of rotatable bonds is 12. The van der Waals surface area contributed by atoms with Crippen molar-refractivity contribution in [3.8, 4) is 29.1 Å². The molecule has 0 aliphatic rings. The first-order valence-electron chi connectivity index (χ1n) is 11.2. The summed E-state index contributed by atoms with van der Waals surface area (Å²) >= 11 is 2.05. The predicted octanol–water partition coefficient (Wildman–Crippen LogP) is 6.19. The number of halogens is 7. The lowest BCUT2D eigenvalue weighted by atomic mass is 10.1. The van der Waals surface area contributed by atoms with Gasteiger partial charge in [-0.05, 0) is 71.5 Å². The van der Waals surface area contributed by atoms with Gasteiger partial charge in [-0.1, -0.05) is 17.9 Å². The summed E-state index contributed by atoms with van der Waals surface area (Å²) in [6.07, 6.45) is -7.08. The van der Waals surface area contributed by atoms with Crippen LogP contribution in [0.5, 0.6) is 17.2 Å². The number of alkyl halides is 6. The number of carboxylic acid groups (broad SMARTS) is 1. The maximum atomic E-state index is 12.5. The zero-order valence-corrected chi connectivity index (χ0v) is 22.5. The van der Waals surface area contributed by atoms with E-state index in [4.69, 9.17) is 9.47 Å². The van der Waals surface area contributed by atoms with Gasteiger partial charge < -0.3 is 24.1 Å². The van der Waals surface area contributed by atoms with E-state index in [2.05, 4.69) is 21.3 Å². The highest BCUT2D eigenvalue weighted by molar-refractivity contribution is 14.1. The average molecular weight is 672 g/mol. The number of allylic oxidation sites excluding steroid dienone is 1. The van der Waals surface area contributed by atoms with Gasteiger partial charge >= 0.3 is 18.3 Å². The predicted molar refractivity (Wildman–Crippen MR) is 137 cm³/mol. The standard InChI is InChI=1S/C26H23F6IO6/c1-2-36-23(24(34)35)13-18-7-8-22(21(33)12-18)37-9-5-3-4-6-17-10-19(38-15-25(27,28)29)14-20(11-17)39-16-26(30,31)32/h3,5,7-8,10-12,14,23H,2,9,13,15-16H2,1H3,(H,34,35)/b5-3+/t23-/m0/s1. The molecule has 0 aliphatic carbocycles. The summed E-state index contributed by atoms with van der Waals surface area (Å²) < 4.78 is 95.6. The second-order valence-corrected chi connectivity index (χ2v) is 8.90. The first kappa shape index (κ1) is 32.1. The molecule has 0 amide bonds. The summed E-state index contributed by atoms with van der Waals surface area (Å²) in [5.74, 6) is 4.01. The third-order valence-electron chi connectivity index (χ3n) is 4.50. The maximum absolute atomic E-state index is 12.5. The van der Waals surface area contributed by atoms with Gasteiger partial charge in [0.05, 0.1) is 3.57 Å². The van der Waals surface area contributed by atoms with E-state index in [0.717, 1.165) is 27.3 Å². The SMILES string of the molecule is CCO[C@@H](Cc1ccc(OC/C=C/C#Cc2cc(OCC(F)(F)F)cc(OCC(F)(F)F)c2)c(I)c1)C(=O)O. The van der Waals surface area contributed by atoms with Crippen LogP contribution in [0.1, 0.15) is 18.1 Å². The lowest BCUT2D eigenvalue weighted by molar-refractivity contribution is -0.154. The topological polar surface area (TPSA) is 74.2 Å². The Bertz CT molecular complexity index is 1160. The summed E-state index contributed by atoms with van der Waals surface area (Å²) in [5, 5.41) is 9.22. The van der Waals surface area contributed by atoms with E-state index in [1.165, 1.54) is 6.08 Å². The fourth-order valence-corrected chi connectivity index (χ4v) is 3.67. The Balaban J connectivity index is 2.02. The number of hydrogen-bond donors (Lipinski definition) is 1. The van der Waals surface area contributed by atoms with Crippen molar-refractivity contribution in [3.63, 3.8) is 0 Å². The Morgan fingerprint density at radius 2 is 1.62 bits per heavy atom. The molecule has 13 heteroatoms. The zero-order chi connectivity index (χ0) is 29.1. The van der Waals surface area contributed by atoms with Crippen LogP contribution in [-0.2, 0) is 16.0 Å². The lowest BCUT2D eigenvalue weighted by Gasteiger charge is -2.13. The van der Waals surface area contributed by atoms with Gasteiger partial charge in [-0.2, -0.15) is 26.3 Å². The highest BCUT2D eigenvalue weighted by Gasteiger charge is 2.30. The van der Waals surface area contributed by atoms with Crippen molar-refractivity contribution in [3.05, 3.63) is 63.2 Å². The zero-order valence-electron chi connectivity index (χ0n) is 20.4. The summed E-state index contributed by atoms with van der Waals surface area (Å²) in [6, 6.07) is 8.40. The largest absolute Gasteiger partial charge is 0.488 e. The van der Waals surface area contributed by atoms with Crippen LogP contribution >= 0.6 is 22.6 Å². The number of hydrogen-bond acceptors (Lipinski definition) is 5. The highest BCUT2D eigenvalue weighted by Crippen LogP contribution is 2.27. The molecule has 1 N–H and O–H groups in total. The van der Waals surface area contributed by atoms with Crippen molar-refractivity contribution in [1.29, 1.82) is 0 Å². The molecule has 0 saturated heterocycles. The summed E-state index contributed by atoms with van der Waals surface area (Å²) in [4.78, 5) is 11.3. The fourth-order valence-electron chi connectivity index (χ4n) is 2.93. The van der Waals surface area contributed by atoms with Crippen LogP contribution in [0.3, 0.4) is 0 Å². The van der Waals surface area contributed by atoms with E-state index >= 15 is 0 Å². The quantitative estimate of drug-likeness (QED) is 0.165. The second kappa shape index (κ2) is 14.9. The van der Waals surface area contributed by atoms with Crippen molar-refractivity contribution in [2.24, 2.45) is 0 Å². The molecule has 212 valence electrons. The lowest BCUT2D eigenvalue weighted by Crippen LogP contribution is -2.26. The Hall–Kier alpha value is -3.12. The molecule has 2 aromatic rings. The first-order valence-corrected chi connectivity index (χ1v) is 12.3. The molecule has 0 aliphatic heterocycles. The minimum Gasteiger partial charge on any atom is -0.488 e. The van der Waals surface area contributed by atoms with Crippen molar-refractivity contribution in [2.45, 2.75) is 31.8 Å². The summed E-state index contributed by atoms with van der Waals surface area (Å²) in [5.41, 5.74) is 0.836. The van der Waals surface area contributed by atoms with E-state index in [1.807, 2.05) is 22.6 Å². The number of aliphatic carboxylic acids is 1. The number of benzene rings is 2. The molecule has 0 aromatic heterocycles. The third kappa shape index (κ3) is 13.0. The second-order valence-electron chi connectivity index (χ2n) is 7.73. The highest BCUT2D eigenvalue weighted by atomic mass is 127. The minimum absolute atomic E-state index is 0.0780. The molecular weight excluding hydrogens is 649 g/mol. The van der Waals surface area contributed by atoms with Crippen molar-refractivity contribution < 1.29 is 55.2 Å². The maximum Gasteiger partial charge on any atom is 0.422 e. The van der Waals surface area contributed by atoms with Crippen LogP contribution in [0.15, 0.2) is 48.6 Å². The van der Waals surface area contributed by atoms with Gasteiger partial charge in [0.25, 0.3) is 0 Å². The van der Waals surface area contributed by atoms with Crippen molar-refractivity contribution in [2.75, 3.05) is 26.4 Å². The fraction of sp³-hybridized carbons (Fsp3) is 0.346. The Labute approximate surface area is 234 Å². The Morgan fingerprint density at radius 1 is 1.00 bits per heavy atom. The first-order chi connectivity index (χ1) is 18.3. The van der Waals surface area contributed by atoms with Crippen molar-refractivity contribution >= 4 is 28.6 Å². The molecule has 0 fully saturated rings. The van der Waals surface area contributed by atoms with Crippen LogP contribution in [-0.4, -0.2) is 56.0 Å². The molecule has 39 heavy (non-hydrogen) atoms. The van der Waals surface area contributed by atoms with E-state index in [9.17, 15) is 36.2 Å². The molecule has 2 rings (SSSR count). The molecule has 2 aromatic carbocycles. The van der Waals surface area contributed by atoms with Gasteiger partial charge in [0.1, 0.15) is 23.9 Å². The van der Waals surface area contributed by atoms with Crippen LogP contribution in [0.25, 0.3) is 0 Å². The Morgan fingerprint density at radius 3 is 2.13 bits per heavy atom. The van der Waals surface area contributed by atoms with Crippen molar-refractivity contribution in [1.82, 2.24) is 0 Å². The Kier molecular flexibility index (Phi) is 12.2. The molecular formula is C26H23F6IO6. The molecule has 0 saturated carbocycles. The number of ether oxygens (including phenoxy) is 4. The molecule has 0 unspecified atom stereocenters. The molecule has 6 nitrogen and oxygen atoms in total. The molecule has 0 heterocycles. The van der Waals surface area contributed by atoms with E-state index < -0.39 is 37.6 Å². The van der Waals surface area contributed by atoms with Gasteiger partial charge in [0.2, 0.25) is 0 Å². The molecule has 0 radical (unpaired) electrons. The number of carboxylic acids is 1. The molecule has 0 bridgehead atoms. The van der Waals surface area contributed by atoms with Crippen LogP contribution in [0.2, 0.25) is 0 Å². The van der Waals surface area contributed by atoms with E-state index in [-0.39, 0.29) is 36.7 Å². The smallest absolute Gasteiger partial charge is 0.422 e.